The summed E-state index contributed by atoms with van der Waals surface area (Å²) in [5.74, 6) is 0.975. The molecule has 0 aliphatic carbocycles. The second kappa shape index (κ2) is 9.61. The van der Waals surface area contributed by atoms with Crippen molar-refractivity contribution < 1.29 is 4.79 Å². The van der Waals surface area contributed by atoms with Gasteiger partial charge in [0.1, 0.15) is 5.82 Å². The number of hydrogen-bond donors (Lipinski definition) is 1. The van der Waals surface area contributed by atoms with Gasteiger partial charge in [-0.3, -0.25) is 14.7 Å². The number of carbonyl (C=O) groups excluding carboxylic acids is 1. The highest BCUT2D eigenvalue weighted by Gasteiger charge is 2.22. The maximum absolute atomic E-state index is 12.4. The largest absolute Gasteiger partial charge is 0.348 e. The first kappa shape index (κ1) is 22.0. The van der Waals surface area contributed by atoms with Crippen LogP contribution in [0.5, 0.6) is 0 Å². The van der Waals surface area contributed by atoms with Crippen molar-refractivity contribution in [3.05, 3.63) is 101 Å². The van der Waals surface area contributed by atoms with Crippen molar-refractivity contribution in [2.45, 2.75) is 33.0 Å². The van der Waals surface area contributed by atoms with E-state index in [1.165, 1.54) is 11.1 Å². The van der Waals surface area contributed by atoms with Crippen LogP contribution >= 0.6 is 0 Å². The maximum atomic E-state index is 12.4. The minimum Gasteiger partial charge on any atom is -0.348 e. The third-order valence-corrected chi connectivity index (χ3v) is 6.59. The summed E-state index contributed by atoms with van der Waals surface area (Å²) >= 11 is 0. The molecule has 172 valence electrons. The minimum atomic E-state index is -0.0971. The van der Waals surface area contributed by atoms with E-state index in [-0.39, 0.29) is 5.91 Å². The zero-order valence-corrected chi connectivity index (χ0v) is 19.7. The van der Waals surface area contributed by atoms with Gasteiger partial charge in [-0.05, 0) is 53.8 Å². The Morgan fingerprint density at radius 1 is 1.12 bits per heavy atom. The van der Waals surface area contributed by atoms with Gasteiger partial charge in [0.25, 0.3) is 0 Å². The standard InChI is InChI=1S/C28H29N5O/c1-20-24(17-30-28(34)13-12-21-8-4-3-5-9-21)23-14-15-33(18-22(23)16-29-20)19-27-31-25-10-6-7-11-26(25)32(27)2/h3-13,16H,14-15,17-19H2,1-2H3,(H,30,34)/b13-12+. The van der Waals surface area contributed by atoms with E-state index in [0.717, 1.165) is 59.7 Å². The first-order chi connectivity index (χ1) is 16.6. The minimum absolute atomic E-state index is 0.0971. The number of benzene rings is 2. The number of hydrogen-bond acceptors (Lipinski definition) is 4. The average Bonchev–Trinajstić information content (AvgIpc) is 3.18. The molecule has 1 N–H and O–H groups in total. The number of rotatable bonds is 6. The smallest absolute Gasteiger partial charge is 0.244 e. The zero-order valence-electron chi connectivity index (χ0n) is 19.7. The molecule has 1 aliphatic rings. The number of pyridine rings is 1. The van der Waals surface area contributed by atoms with Crippen LogP contribution in [0.2, 0.25) is 0 Å². The molecule has 5 rings (SSSR count). The molecule has 3 heterocycles. The van der Waals surface area contributed by atoms with E-state index in [1.807, 2.05) is 55.6 Å². The molecule has 0 saturated heterocycles. The number of imidazole rings is 1. The Balaban J connectivity index is 1.26. The van der Waals surface area contributed by atoms with E-state index in [4.69, 9.17) is 4.98 Å². The fourth-order valence-electron chi connectivity index (χ4n) is 4.66. The van der Waals surface area contributed by atoms with E-state index >= 15 is 0 Å². The molecule has 2 aromatic heterocycles. The fraction of sp³-hybridized carbons (Fsp3) is 0.250. The molecular weight excluding hydrogens is 422 g/mol. The molecular formula is C28H29N5O. The molecule has 0 spiro atoms. The molecule has 2 aromatic carbocycles. The summed E-state index contributed by atoms with van der Waals surface area (Å²) in [5, 5.41) is 3.04. The first-order valence-corrected chi connectivity index (χ1v) is 11.7. The van der Waals surface area contributed by atoms with Gasteiger partial charge in [-0.25, -0.2) is 4.98 Å². The van der Waals surface area contributed by atoms with Gasteiger partial charge in [0, 0.05) is 44.6 Å². The Labute approximate surface area is 200 Å². The van der Waals surface area contributed by atoms with Crippen LogP contribution < -0.4 is 5.32 Å². The zero-order chi connectivity index (χ0) is 23.5. The van der Waals surface area contributed by atoms with Crippen LogP contribution in [0.3, 0.4) is 0 Å². The molecule has 0 bridgehead atoms. The molecule has 6 heteroatoms. The van der Waals surface area contributed by atoms with Crippen molar-refractivity contribution in [2.24, 2.45) is 7.05 Å². The van der Waals surface area contributed by atoms with Crippen LogP contribution in [0.25, 0.3) is 17.1 Å². The second-order valence-electron chi connectivity index (χ2n) is 8.82. The van der Waals surface area contributed by atoms with Gasteiger partial charge >= 0.3 is 0 Å². The summed E-state index contributed by atoms with van der Waals surface area (Å²) < 4.78 is 2.18. The molecule has 0 atom stereocenters. The number of aryl methyl sites for hydroxylation is 2. The Morgan fingerprint density at radius 2 is 1.91 bits per heavy atom. The lowest BCUT2D eigenvalue weighted by atomic mass is 9.95. The summed E-state index contributed by atoms with van der Waals surface area (Å²) in [6, 6.07) is 18.1. The normalized spacial score (nSPS) is 13.9. The van der Waals surface area contributed by atoms with Crippen molar-refractivity contribution >= 4 is 23.0 Å². The molecule has 0 saturated carbocycles. The molecule has 34 heavy (non-hydrogen) atoms. The van der Waals surface area contributed by atoms with E-state index in [1.54, 1.807) is 6.08 Å². The highest BCUT2D eigenvalue weighted by Crippen LogP contribution is 2.25. The van der Waals surface area contributed by atoms with Crippen LogP contribution in [0, 0.1) is 6.92 Å². The average molecular weight is 452 g/mol. The van der Waals surface area contributed by atoms with E-state index < -0.39 is 0 Å². The summed E-state index contributed by atoms with van der Waals surface area (Å²) in [6.07, 6.45) is 6.35. The molecule has 1 amide bonds. The van der Waals surface area contributed by atoms with Gasteiger partial charge in [-0.15, -0.1) is 0 Å². The lowest BCUT2D eigenvalue weighted by Gasteiger charge is -2.30. The Morgan fingerprint density at radius 3 is 2.74 bits per heavy atom. The van der Waals surface area contributed by atoms with Crippen molar-refractivity contribution in [1.29, 1.82) is 0 Å². The van der Waals surface area contributed by atoms with Crippen molar-refractivity contribution in [3.8, 4) is 0 Å². The van der Waals surface area contributed by atoms with Gasteiger partial charge in [-0.1, -0.05) is 42.5 Å². The number of nitrogens with zero attached hydrogens (tertiary/aromatic N) is 4. The van der Waals surface area contributed by atoms with Crippen LogP contribution in [-0.2, 0) is 37.9 Å². The third-order valence-electron chi connectivity index (χ3n) is 6.59. The number of nitrogens with one attached hydrogen (secondary N) is 1. The lowest BCUT2D eigenvalue weighted by Crippen LogP contribution is -2.33. The quantitative estimate of drug-likeness (QED) is 0.447. The van der Waals surface area contributed by atoms with Crippen molar-refractivity contribution in [3.63, 3.8) is 0 Å². The van der Waals surface area contributed by atoms with Crippen molar-refractivity contribution in [2.75, 3.05) is 6.54 Å². The van der Waals surface area contributed by atoms with E-state index in [9.17, 15) is 4.79 Å². The highest BCUT2D eigenvalue weighted by molar-refractivity contribution is 5.91. The van der Waals surface area contributed by atoms with E-state index in [2.05, 4.69) is 45.0 Å². The van der Waals surface area contributed by atoms with Crippen molar-refractivity contribution in [1.82, 2.24) is 24.8 Å². The number of fused-ring (bicyclic) bond motifs is 2. The van der Waals surface area contributed by atoms with Crippen LogP contribution in [0.1, 0.15) is 33.8 Å². The van der Waals surface area contributed by atoms with Gasteiger partial charge in [0.15, 0.2) is 0 Å². The molecule has 4 aromatic rings. The molecule has 0 fully saturated rings. The summed E-state index contributed by atoms with van der Waals surface area (Å²) in [6.45, 7) is 5.10. The highest BCUT2D eigenvalue weighted by atomic mass is 16.1. The lowest BCUT2D eigenvalue weighted by molar-refractivity contribution is -0.116. The monoisotopic (exact) mass is 451 g/mol. The number of amides is 1. The summed E-state index contributed by atoms with van der Waals surface area (Å²) in [5.41, 5.74) is 7.88. The van der Waals surface area contributed by atoms with Gasteiger partial charge in [0.2, 0.25) is 5.91 Å². The SMILES string of the molecule is Cc1ncc2c(c1CNC(=O)/C=C/c1ccccc1)CCN(Cc1nc3ccccc3n1C)C2. The molecule has 0 radical (unpaired) electrons. The maximum Gasteiger partial charge on any atom is 0.244 e. The predicted octanol–water partition coefficient (Wildman–Crippen LogP) is 4.16. The Kier molecular flexibility index (Phi) is 6.23. The number of para-hydroxylation sites is 2. The van der Waals surface area contributed by atoms with Gasteiger partial charge < -0.3 is 9.88 Å². The fourth-order valence-corrected chi connectivity index (χ4v) is 4.66. The number of carbonyl (C=O) groups is 1. The summed E-state index contributed by atoms with van der Waals surface area (Å²) in [4.78, 5) is 24.3. The van der Waals surface area contributed by atoms with Gasteiger partial charge in [-0.2, -0.15) is 0 Å². The van der Waals surface area contributed by atoms with Crippen LogP contribution in [-0.4, -0.2) is 31.9 Å². The molecule has 6 nitrogen and oxygen atoms in total. The molecule has 1 aliphatic heterocycles. The Bertz CT molecular complexity index is 1360. The topological polar surface area (TPSA) is 63.1 Å². The predicted molar refractivity (Wildman–Crippen MR) is 135 cm³/mol. The second-order valence-corrected chi connectivity index (χ2v) is 8.82. The third kappa shape index (κ3) is 4.63. The van der Waals surface area contributed by atoms with Crippen LogP contribution in [0.4, 0.5) is 0 Å². The van der Waals surface area contributed by atoms with Gasteiger partial charge in [0.05, 0.1) is 17.6 Å². The first-order valence-electron chi connectivity index (χ1n) is 11.7. The Hall–Kier alpha value is -3.77. The van der Waals surface area contributed by atoms with E-state index in [0.29, 0.717) is 6.54 Å². The number of aromatic nitrogens is 3. The molecule has 0 unspecified atom stereocenters. The summed E-state index contributed by atoms with van der Waals surface area (Å²) in [7, 11) is 2.08. The van der Waals surface area contributed by atoms with Crippen LogP contribution in [0.15, 0.2) is 66.9 Å².